The number of carbonyl (C=O) groups excluding carboxylic acids is 1. The average molecular weight is 512 g/mol. The first-order valence-corrected chi connectivity index (χ1v) is 13.4. The van der Waals surface area contributed by atoms with Crippen molar-refractivity contribution < 1.29 is 13.2 Å². The van der Waals surface area contributed by atoms with E-state index in [0.29, 0.717) is 36.9 Å². The summed E-state index contributed by atoms with van der Waals surface area (Å²) in [5.74, 6) is -0.215. The van der Waals surface area contributed by atoms with Gasteiger partial charge in [0.05, 0.1) is 10.6 Å². The average Bonchev–Trinajstić information content (AvgIpc) is 2.86. The number of hydrogen-bond acceptors (Lipinski definition) is 4. The zero-order valence-electron chi connectivity index (χ0n) is 20.2. The van der Waals surface area contributed by atoms with Crippen LogP contribution in [0.3, 0.4) is 0 Å². The van der Waals surface area contributed by atoms with Crippen molar-refractivity contribution in [2.75, 3.05) is 41.9 Å². The quantitative estimate of drug-likeness (QED) is 0.476. The van der Waals surface area contributed by atoms with Gasteiger partial charge in [0, 0.05) is 36.9 Å². The van der Waals surface area contributed by atoms with Crippen molar-refractivity contribution in [1.82, 2.24) is 4.90 Å². The zero-order chi connectivity index (χ0) is 25.2. The number of anilines is 2. The Hall–Kier alpha value is -3.03. The number of piperazine rings is 1. The van der Waals surface area contributed by atoms with Crippen molar-refractivity contribution in [3.63, 3.8) is 0 Å². The molecule has 0 N–H and O–H groups in total. The Morgan fingerprint density at radius 3 is 2.23 bits per heavy atom. The number of aryl methyl sites for hydroxylation is 3. The van der Waals surface area contributed by atoms with Crippen molar-refractivity contribution in [1.29, 1.82) is 0 Å². The van der Waals surface area contributed by atoms with Crippen LogP contribution in [0.25, 0.3) is 0 Å². The van der Waals surface area contributed by atoms with Gasteiger partial charge in [-0.3, -0.25) is 9.10 Å². The van der Waals surface area contributed by atoms with Crippen LogP contribution in [0, 0.1) is 20.8 Å². The number of benzene rings is 3. The summed E-state index contributed by atoms with van der Waals surface area (Å²) in [4.78, 5) is 17.5. The van der Waals surface area contributed by atoms with E-state index in [1.165, 1.54) is 4.31 Å². The summed E-state index contributed by atoms with van der Waals surface area (Å²) in [5, 5.41) is 0.680. The molecule has 1 aliphatic heterocycles. The largest absolute Gasteiger partial charge is 0.368 e. The summed E-state index contributed by atoms with van der Waals surface area (Å²) in [7, 11) is -3.93. The molecular formula is C27H30ClN3O3S. The van der Waals surface area contributed by atoms with Gasteiger partial charge in [0.1, 0.15) is 6.54 Å². The lowest BCUT2D eigenvalue weighted by molar-refractivity contribution is -0.129. The molecule has 1 aliphatic rings. The summed E-state index contributed by atoms with van der Waals surface area (Å²) in [5.41, 5.74) is 4.44. The highest BCUT2D eigenvalue weighted by molar-refractivity contribution is 7.92. The third-order valence-electron chi connectivity index (χ3n) is 6.39. The van der Waals surface area contributed by atoms with Crippen LogP contribution in [0.1, 0.15) is 16.7 Å². The maximum atomic E-state index is 13.7. The minimum absolute atomic E-state index is 0.162. The molecule has 1 amide bonds. The third-order valence-corrected chi connectivity index (χ3v) is 8.40. The monoisotopic (exact) mass is 511 g/mol. The van der Waals surface area contributed by atoms with Gasteiger partial charge in [-0.05, 0) is 67.8 Å². The van der Waals surface area contributed by atoms with Gasteiger partial charge < -0.3 is 9.80 Å². The lowest BCUT2D eigenvalue weighted by atomic mass is 10.1. The summed E-state index contributed by atoms with van der Waals surface area (Å²) in [6.45, 7) is 7.89. The first-order chi connectivity index (χ1) is 16.7. The normalized spacial score (nSPS) is 14.2. The Labute approximate surface area is 212 Å². The van der Waals surface area contributed by atoms with Gasteiger partial charge in [-0.15, -0.1) is 0 Å². The van der Waals surface area contributed by atoms with Crippen LogP contribution >= 0.6 is 11.6 Å². The lowest BCUT2D eigenvalue weighted by Crippen LogP contribution is -2.52. The van der Waals surface area contributed by atoms with Gasteiger partial charge >= 0.3 is 0 Å². The molecule has 1 saturated heterocycles. The minimum Gasteiger partial charge on any atom is -0.368 e. The summed E-state index contributed by atoms with van der Waals surface area (Å²) in [6, 6.07) is 19.7. The molecular weight excluding hydrogens is 482 g/mol. The predicted molar refractivity (Wildman–Crippen MR) is 142 cm³/mol. The second-order valence-electron chi connectivity index (χ2n) is 8.91. The Bertz CT molecular complexity index is 1320. The van der Waals surface area contributed by atoms with Gasteiger partial charge in [-0.25, -0.2) is 8.42 Å². The molecule has 4 rings (SSSR count). The molecule has 0 radical (unpaired) electrons. The number of hydrogen-bond donors (Lipinski definition) is 0. The lowest BCUT2D eigenvalue weighted by Gasteiger charge is -2.38. The number of nitrogens with zero attached hydrogens (tertiary/aromatic N) is 3. The van der Waals surface area contributed by atoms with Crippen molar-refractivity contribution in [3.05, 3.63) is 88.4 Å². The number of amides is 1. The van der Waals surface area contributed by atoms with E-state index in [2.05, 4.69) is 4.90 Å². The molecule has 0 saturated carbocycles. The fourth-order valence-electron chi connectivity index (χ4n) is 4.35. The Morgan fingerprint density at radius 1 is 0.886 bits per heavy atom. The molecule has 3 aromatic carbocycles. The molecule has 184 valence electrons. The molecule has 35 heavy (non-hydrogen) atoms. The van der Waals surface area contributed by atoms with Gasteiger partial charge in [-0.1, -0.05) is 48.0 Å². The number of rotatable bonds is 6. The SMILES string of the molecule is Cc1ccc(C)c(N(CC(=O)N2CCN(c3cc(Cl)ccc3C)CC2)S(=O)(=O)c2ccccc2)c1. The van der Waals surface area contributed by atoms with Gasteiger partial charge in [0.25, 0.3) is 10.0 Å². The number of carbonyl (C=O) groups is 1. The summed E-state index contributed by atoms with van der Waals surface area (Å²) >= 11 is 6.19. The zero-order valence-corrected chi connectivity index (χ0v) is 21.8. The van der Waals surface area contributed by atoms with E-state index in [9.17, 15) is 13.2 Å². The van der Waals surface area contributed by atoms with Crippen molar-refractivity contribution in [2.24, 2.45) is 0 Å². The molecule has 3 aromatic rings. The van der Waals surface area contributed by atoms with Crippen LogP contribution < -0.4 is 9.21 Å². The maximum absolute atomic E-state index is 13.7. The van der Waals surface area contributed by atoms with E-state index in [1.807, 2.05) is 57.2 Å². The number of sulfonamides is 1. The van der Waals surface area contributed by atoms with Crippen LogP contribution in [-0.2, 0) is 14.8 Å². The molecule has 1 heterocycles. The predicted octanol–water partition coefficient (Wildman–Crippen LogP) is 4.81. The molecule has 0 aromatic heterocycles. The van der Waals surface area contributed by atoms with Crippen molar-refractivity contribution >= 4 is 38.9 Å². The maximum Gasteiger partial charge on any atom is 0.264 e. The van der Waals surface area contributed by atoms with Crippen LogP contribution in [-0.4, -0.2) is 51.9 Å². The molecule has 0 aliphatic carbocycles. The van der Waals surface area contributed by atoms with E-state index in [-0.39, 0.29) is 17.3 Å². The standard InChI is InChI=1S/C27H30ClN3O3S/c1-20-9-10-22(3)26(17-20)31(35(33,34)24-7-5-4-6-8-24)19-27(32)30-15-13-29(14-16-30)25-18-23(28)12-11-21(25)2/h4-12,17-18H,13-16,19H2,1-3H3. The van der Waals surface area contributed by atoms with E-state index in [0.717, 1.165) is 22.4 Å². The molecule has 6 nitrogen and oxygen atoms in total. The van der Waals surface area contributed by atoms with Gasteiger partial charge in [-0.2, -0.15) is 0 Å². The fraction of sp³-hybridized carbons (Fsp3) is 0.296. The fourth-order valence-corrected chi connectivity index (χ4v) is 6.01. The number of halogens is 1. The van der Waals surface area contributed by atoms with E-state index >= 15 is 0 Å². The van der Waals surface area contributed by atoms with E-state index in [1.54, 1.807) is 35.2 Å². The smallest absolute Gasteiger partial charge is 0.264 e. The Kier molecular flexibility index (Phi) is 7.38. The Morgan fingerprint density at radius 2 is 1.54 bits per heavy atom. The highest BCUT2D eigenvalue weighted by Crippen LogP contribution is 2.29. The first kappa shape index (κ1) is 25.1. The molecule has 8 heteroatoms. The second kappa shape index (κ2) is 10.3. The van der Waals surface area contributed by atoms with Crippen LogP contribution in [0.4, 0.5) is 11.4 Å². The van der Waals surface area contributed by atoms with Crippen molar-refractivity contribution in [2.45, 2.75) is 25.7 Å². The molecule has 0 unspecified atom stereocenters. The van der Waals surface area contributed by atoms with Gasteiger partial charge in [0.2, 0.25) is 5.91 Å². The topological polar surface area (TPSA) is 60.9 Å². The van der Waals surface area contributed by atoms with Crippen molar-refractivity contribution in [3.8, 4) is 0 Å². The van der Waals surface area contributed by atoms with E-state index in [4.69, 9.17) is 11.6 Å². The van der Waals surface area contributed by atoms with Crippen LogP contribution in [0.15, 0.2) is 71.6 Å². The summed E-state index contributed by atoms with van der Waals surface area (Å²) < 4.78 is 28.6. The first-order valence-electron chi connectivity index (χ1n) is 11.6. The summed E-state index contributed by atoms with van der Waals surface area (Å²) in [6.07, 6.45) is 0. The highest BCUT2D eigenvalue weighted by atomic mass is 35.5. The van der Waals surface area contributed by atoms with Gasteiger partial charge in [0.15, 0.2) is 0 Å². The van der Waals surface area contributed by atoms with E-state index < -0.39 is 10.0 Å². The Balaban J connectivity index is 1.56. The second-order valence-corrected chi connectivity index (χ2v) is 11.2. The highest BCUT2D eigenvalue weighted by Gasteiger charge is 2.31. The van der Waals surface area contributed by atoms with Crippen LogP contribution in [0.5, 0.6) is 0 Å². The molecule has 0 atom stereocenters. The molecule has 1 fully saturated rings. The molecule has 0 bridgehead atoms. The molecule has 0 spiro atoms. The minimum atomic E-state index is -3.93. The van der Waals surface area contributed by atoms with Crippen LogP contribution in [0.2, 0.25) is 5.02 Å². The third kappa shape index (κ3) is 5.46.